The molecule has 1 aromatic carbocycles. The maximum Gasteiger partial charge on any atom is 0.270 e. The van der Waals surface area contributed by atoms with Crippen LogP contribution in [0.5, 0.6) is 0 Å². The van der Waals surface area contributed by atoms with Crippen LogP contribution in [-0.2, 0) is 13.5 Å². The monoisotopic (exact) mass is 322 g/mol. The Labute approximate surface area is 139 Å². The lowest BCUT2D eigenvalue weighted by Gasteiger charge is -2.14. The average molecular weight is 322 g/mol. The molecular weight excluding hydrogens is 304 g/mol. The third-order valence-corrected chi connectivity index (χ3v) is 4.50. The summed E-state index contributed by atoms with van der Waals surface area (Å²) in [4.78, 5) is 12.4. The van der Waals surface area contributed by atoms with E-state index in [2.05, 4.69) is 27.7 Å². The van der Waals surface area contributed by atoms with Crippen molar-refractivity contribution in [1.29, 1.82) is 0 Å². The van der Waals surface area contributed by atoms with Gasteiger partial charge in [0.25, 0.3) is 5.91 Å². The third-order valence-electron chi connectivity index (χ3n) is 4.50. The molecule has 1 unspecified atom stereocenters. The Morgan fingerprint density at radius 3 is 2.92 bits per heavy atom. The fraction of sp³-hybridized carbons (Fsp3) is 0.278. The van der Waals surface area contributed by atoms with Gasteiger partial charge in [-0.1, -0.05) is 17.3 Å². The first-order valence-electron chi connectivity index (χ1n) is 7.97. The summed E-state index contributed by atoms with van der Waals surface area (Å²) in [6.07, 6.45) is 3.47. The second-order valence-corrected chi connectivity index (χ2v) is 6.14. The number of hydrogen-bond donors (Lipinski definition) is 1. The van der Waals surface area contributed by atoms with E-state index in [1.165, 1.54) is 11.1 Å². The smallest absolute Gasteiger partial charge is 0.270 e. The molecule has 4 rings (SSSR count). The van der Waals surface area contributed by atoms with Gasteiger partial charge in [-0.25, -0.2) is 0 Å². The van der Waals surface area contributed by atoms with Crippen LogP contribution in [0.4, 0.5) is 0 Å². The Bertz CT molecular complexity index is 909. The molecule has 1 aliphatic carbocycles. The van der Waals surface area contributed by atoms with E-state index in [-0.39, 0.29) is 11.9 Å². The molecule has 0 saturated heterocycles. The van der Waals surface area contributed by atoms with E-state index in [1.807, 2.05) is 19.1 Å². The highest BCUT2D eigenvalue weighted by Crippen LogP contribution is 2.34. The molecule has 0 bridgehead atoms. The maximum atomic E-state index is 12.4. The van der Waals surface area contributed by atoms with Crippen LogP contribution in [0.1, 0.15) is 39.8 Å². The van der Waals surface area contributed by atoms with Crippen LogP contribution in [0.25, 0.3) is 11.3 Å². The van der Waals surface area contributed by atoms with Gasteiger partial charge in [-0.2, -0.15) is 5.10 Å². The molecule has 2 aromatic heterocycles. The first-order valence-corrected chi connectivity index (χ1v) is 7.97. The molecule has 1 aliphatic rings. The molecule has 3 aromatic rings. The summed E-state index contributed by atoms with van der Waals surface area (Å²) in [5, 5.41) is 11.2. The minimum Gasteiger partial charge on any atom is -0.361 e. The van der Waals surface area contributed by atoms with Crippen LogP contribution in [-0.4, -0.2) is 20.8 Å². The SMILES string of the molecule is Cc1cc(-c2ccc3c(c2)CCC3NC(=O)c2ccnn2C)no1. The molecule has 0 fully saturated rings. The molecule has 0 spiro atoms. The van der Waals surface area contributed by atoms with Gasteiger partial charge in [-0.15, -0.1) is 0 Å². The molecule has 2 heterocycles. The predicted octanol–water partition coefficient (Wildman–Crippen LogP) is 2.80. The van der Waals surface area contributed by atoms with E-state index in [9.17, 15) is 4.79 Å². The number of aromatic nitrogens is 3. The van der Waals surface area contributed by atoms with Crippen molar-refractivity contribution >= 4 is 5.91 Å². The van der Waals surface area contributed by atoms with E-state index < -0.39 is 0 Å². The number of hydrogen-bond acceptors (Lipinski definition) is 4. The normalized spacial score (nSPS) is 16.2. The number of benzene rings is 1. The number of nitrogens with one attached hydrogen (secondary N) is 1. The van der Waals surface area contributed by atoms with Gasteiger partial charge >= 0.3 is 0 Å². The lowest BCUT2D eigenvalue weighted by molar-refractivity contribution is 0.0927. The largest absolute Gasteiger partial charge is 0.361 e. The molecule has 1 amide bonds. The highest BCUT2D eigenvalue weighted by atomic mass is 16.5. The molecule has 24 heavy (non-hydrogen) atoms. The molecule has 1 atom stereocenters. The number of rotatable bonds is 3. The average Bonchev–Trinajstić information content (AvgIpc) is 3.27. The zero-order chi connectivity index (χ0) is 16.7. The van der Waals surface area contributed by atoms with Gasteiger partial charge in [0.1, 0.15) is 17.1 Å². The first-order chi connectivity index (χ1) is 11.6. The van der Waals surface area contributed by atoms with Crippen molar-refractivity contribution in [3.63, 3.8) is 0 Å². The number of fused-ring (bicyclic) bond motifs is 1. The van der Waals surface area contributed by atoms with E-state index >= 15 is 0 Å². The number of carbonyl (C=O) groups excluding carboxylic acids is 1. The van der Waals surface area contributed by atoms with Gasteiger partial charge in [0.05, 0.1) is 6.04 Å². The Morgan fingerprint density at radius 2 is 2.21 bits per heavy atom. The van der Waals surface area contributed by atoms with Crippen molar-refractivity contribution in [2.75, 3.05) is 0 Å². The predicted molar refractivity (Wildman–Crippen MR) is 88.4 cm³/mol. The first kappa shape index (κ1) is 14.7. The van der Waals surface area contributed by atoms with Gasteiger partial charge in [0, 0.05) is 24.9 Å². The Kier molecular flexibility index (Phi) is 3.45. The van der Waals surface area contributed by atoms with Crippen molar-refractivity contribution in [2.45, 2.75) is 25.8 Å². The van der Waals surface area contributed by atoms with Crippen LogP contribution in [0.2, 0.25) is 0 Å². The molecular formula is C18H18N4O2. The summed E-state index contributed by atoms with van der Waals surface area (Å²) < 4.78 is 6.73. The summed E-state index contributed by atoms with van der Waals surface area (Å²) in [5.41, 5.74) is 4.89. The van der Waals surface area contributed by atoms with Crippen LogP contribution in [0.15, 0.2) is 41.1 Å². The molecule has 0 aliphatic heterocycles. The second-order valence-electron chi connectivity index (χ2n) is 6.14. The van der Waals surface area contributed by atoms with Crippen molar-refractivity contribution in [3.05, 3.63) is 59.1 Å². The Balaban J connectivity index is 1.56. The summed E-state index contributed by atoms with van der Waals surface area (Å²) >= 11 is 0. The summed E-state index contributed by atoms with van der Waals surface area (Å²) in [6.45, 7) is 1.88. The quantitative estimate of drug-likeness (QED) is 0.805. The van der Waals surface area contributed by atoms with Crippen LogP contribution in [0, 0.1) is 6.92 Å². The molecule has 0 radical (unpaired) electrons. The maximum absolute atomic E-state index is 12.4. The fourth-order valence-corrected chi connectivity index (χ4v) is 3.26. The highest BCUT2D eigenvalue weighted by molar-refractivity contribution is 5.92. The fourth-order valence-electron chi connectivity index (χ4n) is 3.26. The molecule has 1 N–H and O–H groups in total. The zero-order valence-electron chi connectivity index (χ0n) is 13.6. The molecule has 6 heteroatoms. The number of amides is 1. The van der Waals surface area contributed by atoms with Crippen LogP contribution < -0.4 is 5.32 Å². The molecule has 0 saturated carbocycles. The van der Waals surface area contributed by atoms with Crippen molar-refractivity contribution in [1.82, 2.24) is 20.3 Å². The van der Waals surface area contributed by atoms with Crippen molar-refractivity contribution in [2.24, 2.45) is 7.05 Å². The Hall–Kier alpha value is -2.89. The lowest BCUT2D eigenvalue weighted by Crippen LogP contribution is -2.28. The number of aryl methyl sites for hydroxylation is 3. The topological polar surface area (TPSA) is 73.0 Å². The Morgan fingerprint density at radius 1 is 1.33 bits per heavy atom. The second kappa shape index (κ2) is 5.63. The van der Waals surface area contributed by atoms with Crippen molar-refractivity contribution in [3.8, 4) is 11.3 Å². The van der Waals surface area contributed by atoms with Gasteiger partial charge in [0.2, 0.25) is 0 Å². The van der Waals surface area contributed by atoms with E-state index in [4.69, 9.17) is 4.52 Å². The molecule has 122 valence electrons. The lowest BCUT2D eigenvalue weighted by atomic mass is 10.0. The highest BCUT2D eigenvalue weighted by Gasteiger charge is 2.25. The summed E-state index contributed by atoms with van der Waals surface area (Å²) in [6, 6.07) is 9.94. The van der Waals surface area contributed by atoms with Gasteiger partial charge in [-0.3, -0.25) is 9.48 Å². The van der Waals surface area contributed by atoms with Crippen LogP contribution in [0.3, 0.4) is 0 Å². The van der Waals surface area contributed by atoms with Crippen LogP contribution >= 0.6 is 0 Å². The number of carbonyl (C=O) groups is 1. The minimum atomic E-state index is -0.0935. The van der Waals surface area contributed by atoms with Gasteiger partial charge < -0.3 is 9.84 Å². The standard InChI is InChI=1S/C18H18N4O2/c1-11-9-16(21-24-11)13-3-5-14-12(10-13)4-6-15(14)20-18(23)17-7-8-19-22(17)2/h3,5,7-10,15H,4,6H2,1-2H3,(H,20,23). The van der Waals surface area contributed by atoms with Gasteiger partial charge in [0.15, 0.2) is 0 Å². The minimum absolute atomic E-state index is 0.0375. The van der Waals surface area contributed by atoms with E-state index in [0.717, 1.165) is 29.9 Å². The van der Waals surface area contributed by atoms with Gasteiger partial charge in [-0.05, 0) is 43.0 Å². The summed E-state index contributed by atoms with van der Waals surface area (Å²) in [7, 11) is 1.77. The zero-order valence-corrected chi connectivity index (χ0v) is 13.6. The van der Waals surface area contributed by atoms with E-state index in [0.29, 0.717) is 5.69 Å². The summed E-state index contributed by atoms with van der Waals surface area (Å²) in [5.74, 6) is 0.705. The third kappa shape index (κ3) is 2.50. The molecule has 6 nitrogen and oxygen atoms in total. The number of nitrogens with zero attached hydrogens (tertiary/aromatic N) is 3. The van der Waals surface area contributed by atoms with E-state index in [1.54, 1.807) is 24.0 Å². The van der Waals surface area contributed by atoms with Crippen molar-refractivity contribution < 1.29 is 9.32 Å².